The van der Waals surface area contributed by atoms with Crippen molar-refractivity contribution in [3.63, 3.8) is 0 Å². The van der Waals surface area contributed by atoms with Crippen LogP contribution in [0.2, 0.25) is 0 Å². The Morgan fingerprint density at radius 2 is 1.41 bits per heavy atom. The summed E-state index contributed by atoms with van der Waals surface area (Å²) in [7, 11) is 0. The fourth-order valence-corrected chi connectivity index (χ4v) is 3.22. The van der Waals surface area contributed by atoms with Crippen LogP contribution in [0.15, 0.2) is 11.1 Å². The molecule has 160 valence electrons. The third-order valence-corrected chi connectivity index (χ3v) is 4.63. The normalized spacial score (nSPS) is 29.7. The van der Waals surface area contributed by atoms with Gasteiger partial charge in [-0.05, 0) is 13.8 Å². The van der Waals surface area contributed by atoms with Gasteiger partial charge in [0.25, 0.3) is 11.8 Å². The number of nitrogens with zero attached hydrogens (tertiary/aromatic N) is 1. The summed E-state index contributed by atoms with van der Waals surface area (Å²) in [4.78, 5) is 60.4. The number of hydrogen-bond acceptors (Lipinski definition) is 10. The SMILES string of the molecule is CC(=O)OC[C@H]1O[C@@H](O)[C@H](N2C(=O)C(C)=C(C)C2=O)[C@@H](OC(C)=O)[C@@H]1OC(C)=O. The summed E-state index contributed by atoms with van der Waals surface area (Å²) in [6.45, 7) is 5.78. The molecule has 1 N–H and O–H groups in total. The predicted octanol–water partition coefficient (Wildman–Crippen LogP) is -0.796. The van der Waals surface area contributed by atoms with E-state index in [2.05, 4.69) is 0 Å². The molecule has 0 unspecified atom stereocenters. The molecule has 0 saturated carbocycles. The van der Waals surface area contributed by atoms with Crippen molar-refractivity contribution < 1.29 is 48.0 Å². The van der Waals surface area contributed by atoms with E-state index in [1.54, 1.807) is 0 Å². The van der Waals surface area contributed by atoms with Gasteiger partial charge in [0.2, 0.25) is 0 Å². The van der Waals surface area contributed by atoms with Crippen LogP contribution in [0, 0.1) is 0 Å². The molecular weight excluding hydrogens is 390 g/mol. The number of carbonyl (C=O) groups excluding carboxylic acids is 5. The summed E-state index contributed by atoms with van der Waals surface area (Å²) in [5.74, 6) is -3.63. The van der Waals surface area contributed by atoms with Gasteiger partial charge in [-0.15, -0.1) is 0 Å². The topological polar surface area (TPSA) is 146 Å². The highest BCUT2D eigenvalue weighted by molar-refractivity contribution is 6.19. The van der Waals surface area contributed by atoms with Crippen LogP contribution in [0.3, 0.4) is 0 Å². The lowest BCUT2D eigenvalue weighted by Gasteiger charge is -2.45. The number of rotatable bonds is 5. The number of aliphatic hydroxyl groups excluding tert-OH is 1. The summed E-state index contributed by atoms with van der Waals surface area (Å²) < 4.78 is 20.7. The van der Waals surface area contributed by atoms with Crippen molar-refractivity contribution in [3.05, 3.63) is 11.1 Å². The molecule has 0 aromatic heterocycles. The molecule has 0 aromatic carbocycles. The Morgan fingerprint density at radius 3 is 1.86 bits per heavy atom. The van der Waals surface area contributed by atoms with Crippen molar-refractivity contribution in [2.75, 3.05) is 6.61 Å². The second kappa shape index (κ2) is 8.70. The van der Waals surface area contributed by atoms with Crippen LogP contribution >= 0.6 is 0 Å². The largest absolute Gasteiger partial charge is 0.463 e. The summed E-state index contributed by atoms with van der Waals surface area (Å²) in [5, 5.41) is 10.5. The molecule has 0 aliphatic carbocycles. The minimum Gasteiger partial charge on any atom is -0.463 e. The Bertz CT molecular complexity index is 749. The lowest BCUT2D eigenvalue weighted by molar-refractivity contribution is -0.276. The van der Waals surface area contributed by atoms with Crippen LogP contribution in [0.5, 0.6) is 0 Å². The van der Waals surface area contributed by atoms with Gasteiger partial charge in [0.15, 0.2) is 18.5 Å². The van der Waals surface area contributed by atoms with Crippen molar-refractivity contribution in [2.24, 2.45) is 0 Å². The van der Waals surface area contributed by atoms with Gasteiger partial charge in [-0.1, -0.05) is 0 Å². The molecule has 0 aromatic rings. The highest BCUT2D eigenvalue weighted by Crippen LogP contribution is 2.33. The Kier molecular flexibility index (Phi) is 6.75. The van der Waals surface area contributed by atoms with Crippen molar-refractivity contribution >= 4 is 29.7 Å². The number of aliphatic hydroxyl groups is 1. The Morgan fingerprint density at radius 1 is 0.931 bits per heavy atom. The van der Waals surface area contributed by atoms with Crippen molar-refractivity contribution in [2.45, 2.75) is 65.3 Å². The van der Waals surface area contributed by atoms with E-state index in [1.165, 1.54) is 13.8 Å². The Balaban J connectivity index is 2.46. The first-order chi connectivity index (χ1) is 13.5. The van der Waals surface area contributed by atoms with Crippen LogP contribution < -0.4 is 0 Å². The second-order valence-corrected chi connectivity index (χ2v) is 6.74. The Labute approximate surface area is 166 Å². The first kappa shape index (κ1) is 22.5. The summed E-state index contributed by atoms with van der Waals surface area (Å²) >= 11 is 0. The van der Waals surface area contributed by atoms with Gasteiger partial charge < -0.3 is 24.1 Å². The average molecular weight is 413 g/mol. The molecular formula is C18H23NO10. The fraction of sp³-hybridized carbons (Fsp3) is 0.611. The molecule has 0 bridgehead atoms. The molecule has 2 aliphatic heterocycles. The highest BCUT2D eigenvalue weighted by atomic mass is 16.7. The van der Waals surface area contributed by atoms with E-state index in [9.17, 15) is 29.1 Å². The zero-order chi connectivity index (χ0) is 22.0. The van der Waals surface area contributed by atoms with E-state index in [0.29, 0.717) is 0 Å². The molecule has 11 heteroatoms. The van der Waals surface area contributed by atoms with E-state index in [1.807, 2.05) is 0 Å². The van der Waals surface area contributed by atoms with Gasteiger partial charge in [0, 0.05) is 31.9 Å². The molecule has 2 amide bonds. The summed E-state index contributed by atoms with van der Waals surface area (Å²) in [5.41, 5.74) is 0.324. The number of esters is 3. The average Bonchev–Trinajstić information content (AvgIpc) is 2.79. The van der Waals surface area contributed by atoms with Gasteiger partial charge in [-0.25, -0.2) is 0 Å². The standard InChI is InChI=1S/C18H23NO10/c1-7-8(2)17(24)19(16(7)23)13-15(28-11(5)22)14(27-10(4)21)12(29-18(13)25)6-26-9(3)20/h12-15,18,25H,6H2,1-5H3/t12-,13-,14-,15-,18-/m1/s1. The molecule has 5 atom stereocenters. The number of amides is 2. The minimum atomic E-state index is -1.79. The van der Waals surface area contributed by atoms with Crippen molar-refractivity contribution in [1.29, 1.82) is 0 Å². The van der Waals surface area contributed by atoms with Crippen LogP contribution in [-0.4, -0.2) is 77.0 Å². The van der Waals surface area contributed by atoms with Crippen LogP contribution in [-0.2, 0) is 42.9 Å². The molecule has 1 fully saturated rings. The third kappa shape index (κ3) is 4.62. The first-order valence-corrected chi connectivity index (χ1v) is 8.82. The maximum atomic E-state index is 12.6. The van der Waals surface area contributed by atoms with Gasteiger partial charge in [0.1, 0.15) is 18.8 Å². The van der Waals surface area contributed by atoms with Gasteiger partial charge in [0.05, 0.1) is 0 Å². The summed E-state index contributed by atoms with van der Waals surface area (Å²) in [6, 6.07) is -1.48. The molecule has 11 nitrogen and oxygen atoms in total. The Hall–Kier alpha value is -2.79. The smallest absolute Gasteiger partial charge is 0.303 e. The van der Waals surface area contributed by atoms with Crippen molar-refractivity contribution in [1.82, 2.24) is 4.90 Å². The van der Waals surface area contributed by atoms with E-state index >= 15 is 0 Å². The van der Waals surface area contributed by atoms with E-state index in [4.69, 9.17) is 18.9 Å². The van der Waals surface area contributed by atoms with E-state index in [-0.39, 0.29) is 11.1 Å². The quantitative estimate of drug-likeness (QED) is 0.345. The molecule has 2 rings (SSSR count). The number of ether oxygens (including phenoxy) is 4. The second-order valence-electron chi connectivity index (χ2n) is 6.74. The minimum absolute atomic E-state index is 0.162. The molecule has 1 saturated heterocycles. The fourth-order valence-electron chi connectivity index (χ4n) is 3.22. The number of carbonyl (C=O) groups is 5. The van der Waals surface area contributed by atoms with Crippen LogP contribution in [0.25, 0.3) is 0 Å². The predicted molar refractivity (Wildman–Crippen MR) is 92.6 cm³/mol. The van der Waals surface area contributed by atoms with Gasteiger partial charge in [-0.2, -0.15) is 0 Å². The zero-order valence-corrected chi connectivity index (χ0v) is 16.7. The lowest BCUT2D eigenvalue weighted by atomic mass is 9.95. The van der Waals surface area contributed by atoms with Crippen molar-refractivity contribution in [3.8, 4) is 0 Å². The zero-order valence-electron chi connectivity index (χ0n) is 16.7. The molecule has 0 spiro atoms. The van der Waals surface area contributed by atoms with Gasteiger partial charge >= 0.3 is 17.9 Å². The number of hydrogen-bond donors (Lipinski definition) is 1. The number of imide groups is 1. The highest BCUT2D eigenvalue weighted by Gasteiger charge is 2.56. The molecule has 2 heterocycles. The summed E-state index contributed by atoms with van der Waals surface area (Å²) in [6.07, 6.45) is -5.81. The molecule has 29 heavy (non-hydrogen) atoms. The molecule has 0 radical (unpaired) electrons. The van der Waals surface area contributed by atoms with E-state index in [0.717, 1.165) is 25.7 Å². The van der Waals surface area contributed by atoms with E-state index < -0.39 is 67.0 Å². The van der Waals surface area contributed by atoms with Gasteiger partial charge in [-0.3, -0.25) is 28.9 Å². The first-order valence-electron chi connectivity index (χ1n) is 8.82. The lowest BCUT2D eigenvalue weighted by Crippen LogP contribution is -2.67. The maximum absolute atomic E-state index is 12.6. The monoisotopic (exact) mass is 413 g/mol. The molecule has 2 aliphatic rings. The van der Waals surface area contributed by atoms with Crippen LogP contribution in [0.4, 0.5) is 0 Å². The van der Waals surface area contributed by atoms with Crippen LogP contribution in [0.1, 0.15) is 34.6 Å². The maximum Gasteiger partial charge on any atom is 0.303 e. The third-order valence-electron chi connectivity index (χ3n) is 4.63.